The van der Waals surface area contributed by atoms with E-state index in [0.717, 1.165) is 51.9 Å². The number of aryl methyl sites for hydroxylation is 1. The van der Waals surface area contributed by atoms with Crippen molar-refractivity contribution in [2.75, 3.05) is 39.6 Å². The van der Waals surface area contributed by atoms with Gasteiger partial charge in [-0.3, -0.25) is 4.98 Å². The van der Waals surface area contributed by atoms with E-state index in [1.165, 1.54) is 0 Å². The second-order valence-electron chi connectivity index (χ2n) is 8.01. The third-order valence-electron chi connectivity index (χ3n) is 5.13. The number of nitrogens with zero attached hydrogens (tertiary/aromatic N) is 5. The Morgan fingerprint density at radius 2 is 1.64 bits per heavy atom. The molecule has 0 aliphatic heterocycles. The fourth-order valence-corrected chi connectivity index (χ4v) is 3.33. The second-order valence-corrected chi connectivity index (χ2v) is 8.01. The molecule has 7 heteroatoms. The van der Waals surface area contributed by atoms with Crippen molar-refractivity contribution >= 4 is 5.82 Å². The fraction of sp³-hybridized carbons (Fsp3) is 0.231. The summed E-state index contributed by atoms with van der Waals surface area (Å²) in [7, 11) is 5.91. The minimum Gasteiger partial charge on any atom is -0.492 e. The van der Waals surface area contributed by atoms with E-state index in [0.29, 0.717) is 12.4 Å². The van der Waals surface area contributed by atoms with Gasteiger partial charge in [-0.25, -0.2) is 15.0 Å². The maximum atomic E-state index is 5.80. The zero-order valence-corrected chi connectivity index (χ0v) is 19.4. The number of hydrogen-bond acceptors (Lipinski definition) is 7. The Morgan fingerprint density at radius 1 is 0.848 bits per heavy atom. The van der Waals surface area contributed by atoms with Gasteiger partial charge < -0.3 is 15.0 Å². The van der Waals surface area contributed by atoms with E-state index in [9.17, 15) is 0 Å². The van der Waals surface area contributed by atoms with Gasteiger partial charge in [0.15, 0.2) is 5.82 Å². The van der Waals surface area contributed by atoms with Crippen molar-refractivity contribution in [2.24, 2.45) is 0 Å². The molecule has 168 valence electrons. The maximum absolute atomic E-state index is 5.80. The quantitative estimate of drug-likeness (QED) is 0.430. The number of anilines is 1. The molecule has 0 radical (unpaired) electrons. The smallest absolute Gasteiger partial charge is 0.180 e. The lowest BCUT2D eigenvalue weighted by molar-refractivity contribution is 0.261. The first-order valence-electron chi connectivity index (χ1n) is 10.9. The summed E-state index contributed by atoms with van der Waals surface area (Å²) in [5.74, 6) is 2.16. The van der Waals surface area contributed by atoms with Gasteiger partial charge in [0, 0.05) is 48.9 Å². The number of rotatable bonds is 8. The van der Waals surface area contributed by atoms with Crippen LogP contribution in [0.1, 0.15) is 5.69 Å². The molecule has 0 fully saturated rings. The summed E-state index contributed by atoms with van der Waals surface area (Å²) in [5, 5.41) is 3.12. The molecular weight excluding hydrogens is 412 g/mol. The molecule has 0 amide bonds. The minimum absolute atomic E-state index is 0.574. The van der Waals surface area contributed by atoms with Crippen LogP contribution in [0.5, 0.6) is 5.75 Å². The first-order chi connectivity index (χ1) is 16.0. The lowest BCUT2D eigenvalue weighted by Crippen LogP contribution is -2.19. The summed E-state index contributed by atoms with van der Waals surface area (Å²) < 4.78 is 5.80. The molecule has 3 heterocycles. The van der Waals surface area contributed by atoms with Gasteiger partial charge in [0.1, 0.15) is 23.9 Å². The highest BCUT2D eigenvalue weighted by Crippen LogP contribution is 2.28. The van der Waals surface area contributed by atoms with Crippen LogP contribution in [-0.4, -0.2) is 59.1 Å². The molecule has 4 aromatic rings. The highest BCUT2D eigenvalue weighted by atomic mass is 16.5. The van der Waals surface area contributed by atoms with Crippen LogP contribution in [0.25, 0.3) is 33.9 Å². The minimum atomic E-state index is 0.574. The van der Waals surface area contributed by atoms with Gasteiger partial charge in [0.05, 0.1) is 5.69 Å². The molecule has 4 rings (SSSR count). The zero-order valence-electron chi connectivity index (χ0n) is 19.4. The number of aromatic nitrogens is 4. The van der Waals surface area contributed by atoms with Crippen LogP contribution >= 0.6 is 0 Å². The van der Waals surface area contributed by atoms with Crippen molar-refractivity contribution in [3.05, 3.63) is 72.7 Å². The molecule has 0 atom stereocenters. The molecule has 0 unspecified atom stereocenters. The first kappa shape index (κ1) is 22.4. The van der Waals surface area contributed by atoms with Crippen LogP contribution in [-0.2, 0) is 0 Å². The highest BCUT2D eigenvalue weighted by molar-refractivity contribution is 5.72. The Kier molecular flexibility index (Phi) is 6.90. The molecule has 0 aliphatic rings. The lowest BCUT2D eigenvalue weighted by Gasteiger charge is -2.12. The average molecular weight is 441 g/mol. The fourth-order valence-electron chi connectivity index (χ4n) is 3.33. The summed E-state index contributed by atoms with van der Waals surface area (Å²) in [6, 6.07) is 17.9. The van der Waals surface area contributed by atoms with Crippen molar-refractivity contribution in [3.8, 4) is 39.7 Å². The molecule has 0 saturated carbocycles. The number of hydrogen-bond donors (Lipinski definition) is 1. The summed E-state index contributed by atoms with van der Waals surface area (Å²) in [6.45, 7) is 3.49. The number of nitrogens with one attached hydrogen (secondary N) is 1. The number of ether oxygens (including phenoxy) is 1. The van der Waals surface area contributed by atoms with Crippen LogP contribution in [0.4, 0.5) is 5.82 Å². The van der Waals surface area contributed by atoms with Crippen LogP contribution in [0.15, 0.2) is 67.0 Å². The molecule has 0 spiro atoms. The summed E-state index contributed by atoms with van der Waals surface area (Å²) in [4.78, 5) is 20.5. The first-order valence-corrected chi connectivity index (χ1v) is 10.9. The van der Waals surface area contributed by atoms with E-state index in [2.05, 4.69) is 31.2 Å². The molecule has 0 bridgehead atoms. The number of likely N-dealkylation sites (N-methyl/N-ethyl adjacent to an activating group) is 1. The van der Waals surface area contributed by atoms with Gasteiger partial charge in [0.25, 0.3) is 0 Å². The highest BCUT2D eigenvalue weighted by Gasteiger charge is 2.11. The maximum Gasteiger partial charge on any atom is 0.180 e. The zero-order chi connectivity index (χ0) is 23.2. The topological polar surface area (TPSA) is 76.1 Å². The van der Waals surface area contributed by atoms with Crippen LogP contribution in [0, 0.1) is 6.92 Å². The Labute approximate surface area is 194 Å². The summed E-state index contributed by atoms with van der Waals surface area (Å²) in [5.41, 5.74) is 5.42. The Morgan fingerprint density at radius 3 is 2.36 bits per heavy atom. The molecule has 0 aliphatic carbocycles. The van der Waals surface area contributed by atoms with E-state index in [1.807, 2.05) is 89.0 Å². The van der Waals surface area contributed by atoms with Gasteiger partial charge in [-0.15, -0.1) is 0 Å². The number of benzene rings is 1. The third kappa shape index (κ3) is 5.70. The average Bonchev–Trinajstić information content (AvgIpc) is 2.84. The SMILES string of the molecule is CNc1cc(-c2cncc(-c3ccc(OCCN(C)C)cc3)c2)nc(-c2cccc(C)n2)n1. The third-order valence-corrected chi connectivity index (χ3v) is 5.13. The van der Waals surface area contributed by atoms with Gasteiger partial charge in [-0.05, 0) is 56.9 Å². The van der Waals surface area contributed by atoms with E-state index in [4.69, 9.17) is 9.72 Å². The molecule has 0 saturated heterocycles. The van der Waals surface area contributed by atoms with Crippen molar-refractivity contribution in [2.45, 2.75) is 6.92 Å². The van der Waals surface area contributed by atoms with Crippen molar-refractivity contribution in [3.63, 3.8) is 0 Å². The Bertz CT molecular complexity index is 1220. The molecule has 33 heavy (non-hydrogen) atoms. The van der Waals surface area contributed by atoms with E-state index < -0.39 is 0 Å². The molecule has 1 N–H and O–H groups in total. The van der Waals surface area contributed by atoms with Crippen molar-refractivity contribution in [1.29, 1.82) is 0 Å². The van der Waals surface area contributed by atoms with E-state index >= 15 is 0 Å². The van der Waals surface area contributed by atoms with Crippen molar-refractivity contribution in [1.82, 2.24) is 24.8 Å². The molecule has 1 aromatic carbocycles. The Hall–Kier alpha value is -3.84. The summed E-state index contributed by atoms with van der Waals surface area (Å²) in [6.07, 6.45) is 3.67. The van der Waals surface area contributed by atoms with E-state index in [-0.39, 0.29) is 0 Å². The van der Waals surface area contributed by atoms with Gasteiger partial charge in [0.2, 0.25) is 0 Å². The number of pyridine rings is 2. The van der Waals surface area contributed by atoms with Gasteiger partial charge in [-0.2, -0.15) is 0 Å². The normalized spacial score (nSPS) is 10.9. The lowest BCUT2D eigenvalue weighted by atomic mass is 10.0. The second kappa shape index (κ2) is 10.2. The predicted octanol–water partition coefficient (Wildman–Crippen LogP) is 4.56. The Balaban J connectivity index is 1.62. The predicted molar refractivity (Wildman–Crippen MR) is 132 cm³/mol. The van der Waals surface area contributed by atoms with E-state index in [1.54, 1.807) is 0 Å². The summed E-state index contributed by atoms with van der Waals surface area (Å²) >= 11 is 0. The standard InChI is InChI=1S/C26H28N6O/c1-18-6-5-7-23(29-18)26-30-24(15-25(27-2)31-26)21-14-20(16-28-17-21)19-8-10-22(11-9-19)33-13-12-32(3)4/h5-11,14-17H,12-13H2,1-4H3,(H,27,30,31). The van der Waals surface area contributed by atoms with Crippen LogP contribution in [0.3, 0.4) is 0 Å². The monoisotopic (exact) mass is 440 g/mol. The molecular formula is C26H28N6O. The van der Waals surface area contributed by atoms with Gasteiger partial charge >= 0.3 is 0 Å². The molecule has 7 nitrogen and oxygen atoms in total. The van der Waals surface area contributed by atoms with Gasteiger partial charge in [-0.1, -0.05) is 18.2 Å². The largest absolute Gasteiger partial charge is 0.492 e. The molecule has 3 aromatic heterocycles. The van der Waals surface area contributed by atoms with Crippen LogP contribution in [0.2, 0.25) is 0 Å². The van der Waals surface area contributed by atoms with Crippen molar-refractivity contribution < 1.29 is 4.74 Å². The van der Waals surface area contributed by atoms with Crippen LogP contribution < -0.4 is 10.1 Å².